The molecule has 4 heteroatoms. The zero-order valence-corrected chi connectivity index (χ0v) is 8.08. The molecule has 0 heterocycles. The Bertz CT molecular complexity index is 173. The summed E-state index contributed by atoms with van der Waals surface area (Å²) in [5.74, 6) is 0.110. The number of rotatable bonds is 4. The fourth-order valence-corrected chi connectivity index (χ4v) is 1.72. The topological polar surface area (TPSA) is 64.3 Å². The molecule has 1 rings (SSSR count). The molecule has 0 aromatic rings. The first kappa shape index (κ1) is 10.5. The maximum atomic E-state index is 11.5. The van der Waals surface area contributed by atoms with Gasteiger partial charge >= 0.3 is 0 Å². The van der Waals surface area contributed by atoms with E-state index in [0.29, 0.717) is 13.2 Å². The van der Waals surface area contributed by atoms with Crippen molar-refractivity contribution in [3.8, 4) is 0 Å². The first-order valence-electron chi connectivity index (χ1n) is 4.78. The van der Waals surface area contributed by atoms with Gasteiger partial charge in [0.15, 0.2) is 0 Å². The third-order valence-corrected chi connectivity index (χ3v) is 2.51. The summed E-state index contributed by atoms with van der Waals surface area (Å²) in [5.41, 5.74) is 5.79. The van der Waals surface area contributed by atoms with Crippen LogP contribution in [-0.2, 0) is 9.53 Å². The lowest BCUT2D eigenvalue weighted by Crippen LogP contribution is -2.39. The van der Waals surface area contributed by atoms with E-state index in [9.17, 15) is 4.79 Å². The Morgan fingerprint density at radius 1 is 1.62 bits per heavy atom. The van der Waals surface area contributed by atoms with E-state index in [2.05, 4.69) is 5.32 Å². The van der Waals surface area contributed by atoms with Gasteiger partial charge in [0.1, 0.15) is 0 Å². The van der Waals surface area contributed by atoms with Gasteiger partial charge in [0, 0.05) is 19.7 Å². The van der Waals surface area contributed by atoms with Crippen LogP contribution in [0.1, 0.15) is 19.3 Å². The van der Waals surface area contributed by atoms with E-state index in [4.69, 9.17) is 10.5 Å². The molecule has 76 valence electrons. The van der Waals surface area contributed by atoms with E-state index >= 15 is 0 Å². The van der Waals surface area contributed by atoms with Crippen molar-refractivity contribution in [3.05, 3.63) is 0 Å². The molecule has 0 saturated heterocycles. The molecule has 2 unspecified atom stereocenters. The van der Waals surface area contributed by atoms with Crippen molar-refractivity contribution in [2.24, 2.45) is 11.7 Å². The normalized spacial score (nSPS) is 27.5. The molecule has 2 atom stereocenters. The maximum Gasteiger partial charge on any atom is 0.224 e. The molecule has 4 nitrogen and oxygen atoms in total. The molecule has 3 N–H and O–H groups in total. The molecule has 1 aliphatic rings. The maximum absolute atomic E-state index is 11.5. The summed E-state index contributed by atoms with van der Waals surface area (Å²) in [6.07, 6.45) is 2.98. The zero-order valence-electron chi connectivity index (χ0n) is 8.08. The third-order valence-electron chi connectivity index (χ3n) is 2.51. The van der Waals surface area contributed by atoms with Crippen LogP contribution in [0.2, 0.25) is 0 Å². The number of amides is 1. The molecule has 1 fully saturated rings. The van der Waals surface area contributed by atoms with Crippen LogP contribution in [0.3, 0.4) is 0 Å². The molecular formula is C9H18N2O2. The van der Waals surface area contributed by atoms with Gasteiger partial charge in [-0.05, 0) is 12.8 Å². The summed E-state index contributed by atoms with van der Waals surface area (Å²) in [5, 5.41) is 2.81. The molecule has 0 spiro atoms. The Kier molecular flexibility index (Phi) is 4.18. The van der Waals surface area contributed by atoms with Crippen LogP contribution in [0.4, 0.5) is 0 Å². The van der Waals surface area contributed by atoms with Crippen LogP contribution in [0.15, 0.2) is 0 Å². The highest BCUT2D eigenvalue weighted by molar-refractivity contribution is 5.79. The average Bonchev–Trinajstić information content (AvgIpc) is 2.52. The van der Waals surface area contributed by atoms with E-state index in [1.54, 1.807) is 7.11 Å². The molecular weight excluding hydrogens is 168 g/mol. The van der Waals surface area contributed by atoms with Crippen molar-refractivity contribution in [1.29, 1.82) is 0 Å². The summed E-state index contributed by atoms with van der Waals surface area (Å²) in [4.78, 5) is 11.5. The molecule has 13 heavy (non-hydrogen) atoms. The Balaban J connectivity index is 2.22. The van der Waals surface area contributed by atoms with Gasteiger partial charge in [0.2, 0.25) is 5.91 Å². The summed E-state index contributed by atoms with van der Waals surface area (Å²) >= 11 is 0. The molecule has 1 saturated carbocycles. The van der Waals surface area contributed by atoms with Crippen molar-refractivity contribution >= 4 is 5.91 Å². The van der Waals surface area contributed by atoms with Gasteiger partial charge < -0.3 is 15.8 Å². The first-order chi connectivity index (χ1) is 6.25. The van der Waals surface area contributed by atoms with Crippen molar-refractivity contribution in [3.63, 3.8) is 0 Å². The molecule has 0 bridgehead atoms. The summed E-state index contributed by atoms with van der Waals surface area (Å²) in [7, 11) is 1.62. The van der Waals surface area contributed by atoms with Gasteiger partial charge in [-0.1, -0.05) is 6.42 Å². The van der Waals surface area contributed by atoms with Gasteiger partial charge in [-0.3, -0.25) is 4.79 Å². The Labute approximate surface area is 78.8 Å². The lowest BCUT2D eigenvalue weighted by atomic mass is 10.0. The second-order valence-corrected chi connectivity index (χ2v) is 3.49. The Morgan fingerprint density at radius 3 is 2.92 bits per heavy atom. The standard InChI is InChI=1S/C9H18N2O2/c1-13-6-5-11-9(12)7-3-2-4-8(7)10/h7-8H,2-6,10H2,1H3,(H,11,12). The van der Waals surface area contributed by atoms with E-state index in [0.717, 1.165) is 19.3 Å². The average molecular weight is 186 g/mol. The van der Waals surface area contributed by atoms with Crippen LogP contribution in [0, 0.1) is 5.92 Å². The highest BCUT2D eigenvalue weighted by Crippen LogP contribution is 2.23. The predicted octanol–water partition coefficient (Wildman–Crippen LogP) is -0.124. The van der Waals surface area contributed by atoms with Gasteiger partial charge in [0.25, 0.3) is 0 Å². The van der Waals surface area contributed by atoms with Crippen LogP contribution in [0.5, 0.6) is 0 Å². The van der Waals surface area contributed by atoms with Crippen LogP contribution in [0.25, 0.3) is 0 Å². The highest BCUT2D eigenvalue weighted by Gasteiger charge is 2.29. The summed E-state index contributed by atoms with van der Waals surface area (Å²) in [6.45, 7) is 1.15. The smallest absolute Gasteiger partial charge is 0.224 e. The fourth-order valence-electron chi connectivity index (χ4n) is 1.72. The van der Waals surface area contributed by atoms with Crippen LogP contribution < -0.4 is 11.1 Å². The predicted molar refractivity (Wildman–Crippen MR) is 50.2 cm³/mol. The lowest BCUT2D eigenvalue weighted by molar-refractivity contribution is -0.125. The van der Waals surface area contributed by atoms with Gasteiger partial charge in [-0.2, -0.15) is 0 Å². The zero-order chi connectivity index (χ0) is 9.68. The lowest BCUT2D eigenvalue weighted by Gasteiger charge is -2.14. The minimum absolute atomic E-state index is 0.0249. The minimum Gasteiger partial charge on any atom is -0.383 e. The van der Waals surface area contributed by atoms with Crippen molar-refractivity contribution in [2.45, 2.75) is 25.3 Å². The van der Waals surface area contributed by atoms with E-state index in [1.165, 1.54) is 0 Å². The number of carbonyl (C=O) groups excluding carboxylic acids is 1. The second-order valence-electron chi connectivity index (χ2n) is 3.49. The SMILES string of the molecule is COCCNC(=O)C1CCCC1N. The van der Waals surface area contributed by atoms with E-state index in [1.807, 2.05) is 0 Å². The quantitative estimate of drug-likeness (QED) is 0.601. The molecule has 0 aliphatic heterocycles. The van der Waals surface area contributed by atoms with Gasteiger partial charge in [-0.15, -0.1) is 0 Å². The van der Waals surface area contributed by atoms with Crippen molar-refractivity contribution < 1.29 is 9.53 Å². The van der Waals surface area contributed by atoms with E-state index in [-0.39, 0.29) is 17.9 Å². The number of ether oxygens (including phenoxy) is 1. The van der Waals surface area contributed by atoms with Crippen molar-refractivity contribution in [1.82, 2.24) is 5.32 Å². The number of carbonyl (C=O) groups is 1. The van der Waals surface area contributed by atoms with E-state index < -0.39 is 0 Å². The number of hydrogen-bond acceptors (Lipinski definition) is 3. The summed E-state index contributed by atoms with van der Waals surface area (Å²) < 4.78 is 4.84. The highest BCUT2D eigenvalue weighted by atomic mass is 16.5. The monoisotopic (exact) mass is 186 g/mol. The minimum atomic E-state index is 0.0249. The van der Waals surface area contributed by atoms with Gasteiger partial charge in [0.05, 0.1) is 12.5 Å². The first-order valence-corrected chi connectivity index (χ1v) is 4.78. The molecule has 0 radical (unpaired) electrons. The Hall–Kier alpha value is -0.610. The van der Waals surface area contributed by atoms with Crippen LogP contribution in [-0.4, -0.2) is 32.2 Å². The number of nitrogens with one attached hydrogen (secondary N) is 1. The molecule has 1 amide bonds. The molecule has 0 aromatic heterocycles. The fraction of sp³-hybridized carbons (Fsp3) is 0.889. The number of methoxy groups -OCH3 is 1. The third kappa shape index (κ3) is 2.97. The van der Waals surface area contributed by atoms with Crippen molar-refractivity contribution in [2.75, 3.05) is 20.3 Å². The largest absolute Gasteiger partial charge is 0.383 e. The van der Waals surface area contributed by atoms with Crippen LogP contribution >= 0.6 is 0 Å². The number of hydrogen-bond donors (Lipinski definition) is 2. The molecule has 1 aliphatic carbocycles. The number of nitrogens with two attached hydrogens (primary N) is 1. The van der Waals surface area contributed by atoms with Gasteiger partial charge in [-0.25, -0.2) is 0 Å². The second kappa shape index (κ2) is 5.19. The Morgan fingerprint density at radius 2 is 2.38 bits per heavy atom. The summed E-state index contributed by atoms with van der Waals surface area (Å²) in [6, 6.07) is 0.0579. The molecule has 0 aromatic carbocycles.